The standard InChI is InChI=1S/C59H46BN3OS/c1-33-27-46-53-47(28-33)63-48-32-37(59(5,6)7)31-40-39-30-36(58(2,3)4)24-25-43(39)61(54(40)48)45-20-13-18-42(56(45)63)60(53)57-55(41-29-35(23-26-49(41)64-57)34-15-9-8-10-16-34)62(46)44-19-14-22-51-52(44)38-17-11-12-21-50(38)65-51/h8-32H,1-7H3/i8D,9D,10D,11D,12D,13D,14D,15D,16D,17D,18D,19D,20D,21D,22D,23D,24D,25D,26D,27D,28D,29D,30D,31D,32D. The maximum atomic E-state index is 10.5. The van der Waals surface area contributed by atoms with E-state index in [1.54, 1.807) is 41.5 Å². The minimum atomic E-state index is -1.75. The first kappa shape index (κ1) is 20.4. The summed E-state index contributed by atoms with van der Waals surface area (Å²) in [5.74, 6) is 0. The number of hydrogen-bond acceptors (Lipinski definition) is 4. The van der Waals surface area contributed by atoms with E-state index >= 15 is 0 Å². The van der Waals surface area contributed by atoms with Gasteiger partial charge in [0.1, 0.15) is 5.58 Å². The zero-order valence-electron chi connectivity index (χ0n) is 60.7. The molecule has 0 N–H and O–H groups in total. The predicted molar refractivity (Wildman–Crippen MR) is 279 cm³/mol. The van der Waals surface area contributed by atoms with Crippen molar-refractivity contribution in [1.82, 2.24) is 4.57 Å². The van der Waals surface area contributed by atoms with Crippen molar-refractivity contribution in [1.29, 1.82) is 0 Å². The number of para-hydroxylation sites is 1. The molecule has 0 amide bonds. The van der Waals surface area contributed by atoms with Crippen LogP contribution >= 0.6 is 11.3 Å². The number of fused-ring (bicyclic) bond motifs is 14. The van der Waals surface area contributed by atoms with Crippen molar-refractivity contribution in [3.05, 3.63) is 168 Å². The molecule has 0 bridgehead atoms. The fourth-order valence-electron chi connectivity index (χ4n) is 9.59. The van der Waals surface area contributed by atoms with Crippen molar-refractivity contribution in [3.63, 3.8) is 0 Å². The molecule has 65 heavy (non-hydrogen) atoms. The Labute approximate surface area is 418 Å². The van der Waals surface area contributed by atoms with E-state index in [4.69, 9.17) is 15.4 Å². The fraction of sp³-hybridized carbons (Fsp3) is 0.153. The summed E-state index contributed by atoms with van der Waals surface area (Å²) >= 11 is 0.715. The summed E-state index contributed by atoms with van der Waals surface area (Å²) in [4.78, 5) is 2.60. The van der Waals surface area contributed by atoms with E-state index in [0.29, 0.717) is 11.3 Å². The minimum absolute atomic E-state index is 0.00233. The number of thiophene rings is 1. The lowest BCUT2D eigenvalue weighted by molar-refractivity contribution is 0.590. The maximum Gasteiger partial charge on any atom is 0.297 e. The van der Waals surface area contributed by atoms with Crippen molar-refractivity contribution in [2.24, 2.45) is 0 Å². The molecule has 0 saturated heterocycles. The summed E-state index contributed by atoms with van der Waals surface area (Å²) in [5, 5.41) is -0.932. The van der Waals surface area contributed by atoms with E-state index in [-0.39, 0.29) is 122 Å². The van der Waals surface area contributed by atoms with Crippen molar-refractivity contribution in [3.8, 4) is 16.8 Å². The van der Waals surface area contributed by atoms with Crippen LogP contribution < -0.4 is 26.4 Å². The predicted octanol–water partition coefficient (Wildman–Crippen LogP) is 14.9. The smallest absolute Gasteiger partial charge is 0.297 e. The Bertz CT molecular complexity index is 5360. The van der Waals surface area contributed by atoms with Gasteiger partial charge in [-0.1, -0.05) is 120 Å². The molecule has 0 aliphatic carbocycles. The number of anilines is 6. The van der Waals surface area contributed by atoms with Crippen LogP contribution in [0.5, 0.6) is 0 Å². The molecule has 312 valence electrons. The van der Waals surface area contributed by atoms with Gasteiger partial charge in [0, 0.05) is 47.7 Å². The van der Waals surface area contributed by atoms with Crippen molar-refractivity contribution < 1.29 is 38.7 Å². The largest absolute Gasteiger partial charge is 0.468 e. The number of hydrogen-bond donors (Lipinski definition) is 0. The molecule has 14 rings (SSSR count). The summed E-state index contributed by atoms with van der Waals surface area (Å²) < 4.78 is 248. The van der Waals surface area contributed by atoms with Crippen molar-refractivity contribution in [2.45, 2.75) is 59.3 Å². The third-order valence-electron chi connectivity index (χ3n) is 12.5. The molecular weight excluding hydrogens is 810 g/mol. The monoisotopic (exact) mass is 881 g/mol. The van der Waals surface area contributed by atoms with E-state index in [1.807, 2.05) is 0 Å². The lowest BCUT2D eigenvalue weighted by Crippen LogP contribution is -2.61. The molecule has 0 spiro atoms. The zero-order chi connectivity index (χ0) is 65.6. The normalized spacial score (nSPS) is 19.4. The summed E-state index contributed by atoms with van der Waals surface area (Å²) in [5.41, 5.74) is -6.77. The van der Waals surface area contributed by atoms with Crippen LogP contribution in [0, 0.1) is 6.92 Å². The number of nitrogens with zero attached hydrogens (tertiary/aromatic N) is 3. The van der Waals surface area contributed by atoms with E-state index in [9.17, 15) is 23.3 Å². The highest BCUT2D eigenvalue weighted by Crippen LogP contribution is 2.55. The average molecular weight is 881 g/mol. The molecule has 0 radical (unpaired) electrons. The summed E-state index contributed by atoms with van der Waals surface area (Å²) in [6, 6.07) is -16.1. The molecule has 3 aliphatic heterocycles. The Morgan fingerprint density at radius 3 is 2.05 bits per heavy atom. The highest BCUT2D eigenvalue weighted by molar-refractivity contribution is 7.26. The molecule has 8 aromatic carbocycles. The number of furan rings is 1. The van der Waals surface area contributed by atoms with E-state index in [2.05, 4.69) is 0 Å². The number of aromatic nitrogens is 1. The van der Waals surface area contributed by atoms with Gasteiger partial charge >= 0.3 is 0 Å². The van der Waals surface area contributed by atoms with E-state index in [0.717, 1.165) is 0 Å². The van der Waals surface area contributed by atoms with Gasteiger partial charge < -0.3 is 18.8 Å². The Morgan fingerprint density at radius 2 is 1.25 bits per heavy atom. The van der Waals surface area contributed by atoms with Crippen LogP contribution in [0.1, 0.15) is 92.5 Å². The number of benzene rings is 8. The first-order valence-electron chi connectivity index (χ1n) is 33.4. The van der Waals surface area contributed by atoms with Crippen LogP contribution in [-0.2, 0) is 10.8 Å². The molecule has 4 nitrogen and oxygen atoms in total. The minimum Gasteiger partial charge on any atom is -0.468 e. The number of rotatable bonds is 2. The van der Waals surface area contributed by atoms with E-state index in [1.165, 1.54) is 21.3 Å². The fourth-order valence-corrected chi connectivity index (χ4v) is 10.6. The van der Waals surface area contributed by atoms with Gasteiger partial charge in [0.05, 0.1) is 79.4 Å². The zero-order valence-corrected chi connectivity index (χ0v) is 36.6. The van der Waals surface area contributed by atoms with Crippen LogP contribution in [0.15, 0.2) is 155 Å². The third kappa shape index (κ3) is 4.98. The van der Waals surface area contributed by atoms with E-state index < -0.39 is 184 Å². The Morgan fingerprint density at radius 1 is 0.538 bits per heavy atom. The van der Waals surface area contributed by atoms with Gasteiger partial charge in [0.2, 0.25) is 0 Å². The second-order valence-electron chi connectivity index (χ2n) is 18.6. The molecule has 3 aromatic heterocycles. The second kappa shape index (κ2) is 12.6. The Kier molecular flexibility index (Phi) is 3.97. The third-order valence-corrected chi connectivity index (χ3v) is 13.5. The van der Waals surface area contributed by atoms with Gasteiger partial charge in [-0.25, -0.2) is 0 Å². The van der Waals surface area contributed by atoms with Crippen molar-refractivity contribution in [2.75, 3.05) is 9.80 Å². The molecular formula is C59H46BN3OS. The molecule has 6 heteroatoms. The highest BCUT2D eigenvalue weighted by atomic mass is 32.1. The van der Waals surface area contributed by atoms with Gasteiger partial charge in [-0.2, -0.15) is 0 Å². The van der Waals surface area contributed by atoms with Gasteiger partial charge in [-0.15, -0.1) is 11.3 Å². The Hall–Kier alpha value is -7.02. The molecule has 0 fully saturated rings. The first-order chi connectivity index (χ1) is 41.9. The molecule has 3 aliphatic rings. The van der Waals surface area contributed by atoms with Gasteiger partial charge in [-0.3, -0.25) is 0 Å². The lowest BCUT2D eigenvalue weighted by Gasteiger charge is -2.45. The van der Waals surface area contributed by atoms with Crippen LogP contribution in [0.25, 0.3) is 69.8 Å². The van der Waals surface area contributed by atoms with Gasteiger partial charge in [-0.05, 0) is 129 Å². The maximum absolute atomic E-state index is 10.5. The first-order valence-corrected chi connectivity index (χ1v) is 21.8. The molecule has 11 aromatic rings. The van der Waals surface area contributed by atoms with Gasteiger partial charge in [0.25, 0.3) is 6.71 Å². The van der Waals surface area contributed by atoms with Crippen LogP contribution in [-0.4, -0.2) is 11.3 Å². The van der Waals surface area contributed by atoms with Crippen molar-refractivity contribution >= 4 is 122 Å². The molecule has 0 atom stereocenters. The van der Waals surface area contributed by atoms with Gasteiger partial charge in [0.15, 0.2) is 0 Å². The molecule has 0 saturated carbocycles. The summed E-state index contributed by atoms with van der Waals surface area (Å²) in [6.07, 6.45) is 0. The SMILES string of the molecule is [2H]c1c([2H])c([2H])c(-c2c([2H])c([2H])c3oc4c(c3c2[2H])N(c2c([2H])c([2H])c([2H])c3sc5c([2H])c([2H])c([2H])c([2H])c5c23)c2c([2H])c(C)c([2H])c3c2B4c2c([2H])c([2H])c([2H])c4c2N3c2c([2H])c(C(C)(C)C)c([2H])c3c5c([2H])c(C(C)(C)C)c([2H])c([2H])c5n-4c23)c([2H])c1[2H]. The van der Waals surface area contributed by atoms with Crippen LogP contribution in [0.2, 0.25) is 0 Å². The topological polar surface area (TPSA) is 24.6 Å². The van der Waals surface area contributed by atoms with Crippen LogP contribution in [0.3, 0.4) is 0 Å². The highest BCUT2D eigenvalue weighted by Gasteiger charge is 2.49. The quantitative estimate of drug-likeness (QED) is 0.162. The molecule has 6 heterocycles. The summed E-state index contributed by atoms with van der Waals surface area (Å²) in [7, 11) is 0. The lowest BCUT2D eigenvalue weighted by atomic mass is 9.35. The second-order valence-corrected chi connectivity index (χ2v) is 19.6. The Balaban J connectivity index is 1.29. The average Bonchev–Trinajstić information content (AvgIpc) is 1.28. The molecule has 0 unspecified atom stereocenters. The summed E-state index contributed by atoms with van der Waals surface area (Å²) in [6.45, 7) is 10.3. The van der Waals surface area contributed by atoms with Crippen LogP contribution in [0.4, 0.5) is 34.1 Å².